The summed E-state index contributed by atoms with van der Waals surface area (Å²) in [5.74, 6) is 0.365. The minimum Gasteiger partial charge on any atom is -0.346 e. The lowest BCUT2D eigenvalue weighted by Gasteiger charge is -2.31. The van der Waals surface area contributed by atoms with Crippen molar-refractivity contribution in [3.05, 3.63) is 29.8 Å². The van der Waals surface area contributed by atoms with Gasteiger partial charge in [-0.2, -0.15) is 0 Å². The van der Waals surface area contributed by atoms with Crippen LogP contribution < -0.4 is 10.2 Å². The molecule has 4 nitrogen and oxygen atoms in total. The number of rotatable bonds is 4. The van der Waals surface area contributed by atoms with Gasteiger partial charge in [0.05, 0.1) is 39.0 Å². The molecule has 1 aromatic rings. The molecule has 1 fully saturated rings. The van der Waals surface area contributed by atoms with Gasteiger partial charge in [0, 0.05) is 5.69 Å². The second-order valence-electron chi connectivity index (χ2n) is 5.60. The van der Waals surface area contributed by atoms with Gasteiger partial charge in [-0.25, -0.2) is 0 Å². The highest BCUT2D eigenvalue weighted by atomic mass is 32.2. The minimum absolute atomic E-state index is 0.00338. The van der Waals surface area contributed by atoms with Gasteiger partial charge >= 0.3 is 0 Å². The van der Waals surface area contributed by atoms with Crippen LogP contribution in [0, 0.1) is 0 Å². The van der Waals surface area contributed by atoms with E-state index in [4.69, 9.17) is 12.2 Å². The summed E-state index contributed by atoms with van der Waals surface area (Å²) in [6.45, 7) is 6.30. The Bertz CT molecular complexity index is 511. The van der Waals surface area contributed by atoms with Gasteiger partial charge in [0.15, 0.2) is 0 Å². The topological polar surface area (TPSA) is 36.8 Å². The fourth-order valence-electron chi connectivity index (χ4n) is 2.31. The average Bonchev–Trinajstić information content (AvgIpc) is 2.54. The zero-order valence-corrected chi connectivity index (χ0v) is 14.9. The van der Waals surface area contributed by atoms with Gasteiger partial charge in [-0.05, 0) is 24.1 Å². The van der Waals surface area contributed by atoms with Crippen LogP contribution in [0.5, 0.6) is 0 Å². The number of piperazine rings is 1. The van der Waals surface area contributed by atoms with Gasteiger partial charge in [0.2, 0.25) is 5.91 Å². The summed E-state index contributed by atoms with van der Waals surface area (Å²) >= 11 is 6.88. The van der Waals surface area contributed by atoms with E-state index < -0.39 is 0 Å². The van der Waals surface area contributed by atoms with Crippen LogP contribution in [-0.4, -0.2) is 54.1 Å². The Kier molecular flexibility index (Phi) is 6.67. The largest absolute Gasteiger partial charge is 0.346 e. The Hall–Kier alpha value is -1.11. The van der Waals surface area contributed by atoms with Crippen molar-refractivity contribution in [2.45, 2.75) is 13.3 Å². The summed E-state index contributed by atoms with van der Waals surface area (Å²) < 4.78 is 0.837. The fraction of sp³-hybridized carbons (Fsp3) is 0.500. The molecule has 2 N–H and O–H groups in total. The Labute approximate surface area is 142 Å². The first-order chi connectivity index (χ1) is 10.6. The normalized spacial score (nSPS) is 15.6. The molecule has 6 heteroatoms. The maximum absolute atomic E-state index is 12.0. The molecule has 0 bridgehead atoms. The van der Waals surface area contributed by atoms with Crippen LogP contribution in [0.2, 0.25) is 0 Å². The maximum atomic E-state index is 12.0. The van der Waals surface area contributed by atoms with Crippen LogP contribution in [0.15, 0.2) is 24.3 Å². The number of anilines is 1. The highest BCUT2D eigenvalue weighted by Gasteiger charge is 2.19. The predicted octanol–water partition coefficient (Wildman–Crippen LogP) is 1.04. The van der Waals surface area contributed by atoms with Crippen LogP contribution in [-0.2, 0) is 11.2 Å². The van der Waals surface area contributed by atoms with Crippen molar-refractivity contribution in [1.29, 1.82) is 0 Å². The molecule has 1 aliphatic heterocycles. The molecule has 1 aliphatic rings. The van der Waals surface area contributed by atoms with E-state index in [0.29, 0.717) is 5.75 Å². The molecule has 2 rings (SSSR count). The highest BCUT2D eigenvalue weighted by Crippen LogP contribution is 2.13. The number of nitrogens with zero attached hydrogens (tertiary/aromatic N) is 1. The van der Waals surface area contributed by atoms with Gasteiger partial charge in [-0.15, -0.1) is 0 Å². The quantitative estimate of drug-likeness (QED) is 0.805. The van der Waals surface area contributed by atoms with Gasteiger partial charge in [0.25, 0.3) is 0 Å². The number of hydrogen-bond donors (Lipinski definition) is 2. The van der Waals surface area contributed by atoms with Gasteiger partial charge in [-0.1, -0.05) is 43.0 Å². The highest BCUT2D eigenvalue weighted by molar-refractivity contribution is 8.23. The lowest BCUT2D eigenvalue weighted by atomic mass is 10.1. The summed E-state index contributed by atoms with van der Waals surface area (Å²) in [6, 6.07) is 7.98. The molecule has 1 aromatic carbocycles. The average molecular weight is 339 g/mol. The minimum atomic E-state index is -0.00338. The summed E-state index contributed by atoms with van der Waals surface area (Å²) in [7, 11) is 2.20. The van der Waals surface area contributed by atoms with Crippen LogP contribution in [0.1, 0.15) is 12.5 Å². The number of thioether (sulfide) groups is 1. The molecule has 0 atom stereocenters. The smallest absolute Gasteiger partial charge is 0.234 e. The number of carbonyl (C=O) groups is 1. The first-order valence-corrected chi connectivity index (χ1v) is 9.09. The molecule has 0 saturated carbocycles. The molecule has 1 amide bonds. The summed E-state index contributed by atoms with van der Waals surface area (Å²) in [5, 5.41) is 2.92. The number of carbonyl (C=O) groups excluding carboxylic acids is 1. The van der Waals surface area contributed by atoms with Crippen LogP contribution in [0.3, 0.4) is 0 Å². The standard InChI is InChI=1S/C16H23N3OS2/c1-3-13-4-6-14(7-5-13)17-15(20)12-22-16(21)19-10-8-18(2)9-11-19/h4-7H,3,8-12H2,1-2H3,(H,17,20)/p+1. The van der Waals surface area contributed by atoms with Crippen molar-refractivity contribution in [1.82, 2.24) is 4.90 Å². The summed E-state index contributed by atoms with van der Waals surface area (Å²) in [6.07, 6.45) is 1.01. The molecule has 0 radical (unpaired) electrons. The third-order valence-corrected chi connectivity index (χ3v) is 5.37. The number of amides is 1. The third-order valence-electron chi connectivity index (χ3n) is 3.85. The second-order valence-corrected chi connectivity index (χ2v) is 7.21. The fourth-order valence-corrected chi connectivity index (χ4v) is 3.36. The number of quaternary nitrogens is 1. The zero-order chi connectivity index (χ0) is 15.9. The van der Waals surface area contributed by atoms with Crippen molar-refractivity contribution in [3.8, 4) is 0 Å². The van der Waals surface area contributed by atoms with Gasteiger partial charge in [0.1, 0.15) is 4.32 Å². The van der Waals surface area contributed by atoms with E-state index in [9.17, 15) is 4.79 Å². The molecular formula is C16H24N3OS2+. The first kappa shape index (κ1) is 17.2. The number of thiocarbonyl (C=S) groups is 1. The molecule has 1 saturated heterocycles. The van der Waals surface area contributed by atoms with Crippen molar-refractivity contribution < 1.29 is 9.69 Å². The van der Waals surface area contributed by atoms with Crippen molar-refractivity contribution in [2.75, 3.05) is 44.3 Å². The molecule has 1 heterocycles. The van der Waals surface area contributed by atoms with E-state index >= 15 is 0 Å². The molecule has 0 spiro atoms. The predicted molar refractivity (Wildman–Crippen MR) is 97.7 cm³/mol. The molecular weight excluding hydrogens is 314 g/mol. The van der Waals surface area contributed by atoms with E-state index in [-0.39, 0.29) is 5.91 Å². The Morgan fingerprint density at radius 3 is 2.55 bits per heavy atom. The number of likely N-dealkylation sites (N-methyl/N-ethyl adjacent to an activating group) is 1. The summed E-state index contributed by atoms with van der Waals surface area (Å²) in [4.78, 5) is 15.7. The Balaban J connectivity index is 1.73. The van der Waals surface area contributed by atoms with E-state index in [2.05, 4.69) is 24.2 Å². The SMILES string of the molecule is CCc1ccc(NC(=O)CSC(=S)N2CC[NH+](C)CC2)cc1. The van der Waals surface area contributed by atoms with E-state index in [1.165, 1.54) is 22.2 Å². The van der Waals surface area contributed by atoms with Crippen LogP contribution in [0.4, 0.5) is 5.69 Å². The van der Waals surface area contributed by atoms with Crippen molar-refractivity contribution in [2.24, 2.45) is 0 Å². The van der Waals surface area contributed by atoms with E-state index in [1.54, 1.807) is 0 Å². The van der Waals surface area contributed by atoms with Crippen LogP contribution >= 0.6 is 24.0 Å². The van der Waals surface area contributed by atoms with E-state index in [1.807, 2.05) is 24.3 Å². The zero-order valence-electron chi connectivity index (χ0n) is 13.2. The summed E-state index contributed by atoms with van der Waals surface area (Å²) in [5.41, 5.74) is 2.11. The molecule has 0 aromatic heterocycles. The number of hydrogen-bond acceptors (Lipinski definition) is 3. The first-order valence-electron chi connectivity index (χ1n) is 7.70. The van der Waals surface area contributed by atoms with Gasteiger partial charge < -0.3 is 15.1 Å². The molecule has 0 aliphatic carbocycles. The maximum Gasteiger partial charge on any atom is 0.234 e. The van der Waals surface area contributed by atoms with E-state index in [0.717, 1.165) is 42.6 Å². The van der Waals surface area contributed by atoms with Crippen molar-refractivity contribution in [3.63, 3.8) is 0 Å². The molecule has 120 valence electrons. The lowest BCUT2D eigenvalue weighted by molar-refractivity contribution is -0.883. The molecule has 22 heavy (non-hydrogen) atoms. The number of benzene rings is 1. The lowest BCUT2D eigenvalue weighted by Crippen LogP contribution is -3.12. The Morgan fingerprint density at radius 1 is 1.32 bits per heavy atom. The molecule has 0 unspecified atom stereocenters. The Morgan fingerprint density at radius 2 is 1.95 bits per heavy atom. The second kappa shape index (κ2) is 8.50. The number of nitrogens with one attached hydrogen (secondary N) is 2. The number of aryl methyl sites for hydroxylation is 1. The third kappa shape index (κ3) is 5.26. The van der Waals surface area contributed by atoms with Crippen LogP contribution in [0.25, 0.3) is 0 Å². The van der Waals surface area contributed by atoms with Crippen molar-refractivity contribution >= 4 is 39.9 Å². The van der Waals surface area contributed by atoms with Gasteiger partial charge in [-0.3, -0.25) is 4.79 Å². The monoisotopic (exact) mass is 338 g/mol.